The van der Waals surface area contributed by atoms with Crippen molar-refractivity contribution < 1.29 is 14.3 Å². The number of likely N-dealkylation sites (tertiary alicyclic amines) is 1. The van der Waals surface area contributed by atoms with Gasteiger partial charge in [-0.3, -0.25) is 4.79 Å². The molecule has 0 bridgehead atoms. The first-order valence-corrected chi connectivity index (χ1v) is 7.19. The summed E-state index contributed by atoms with van der Waals surface area (Å²) in [7, 11) is 0. The molecule has 0 aromatic rings. The fraction of sp³-hybridized carbons (Fsp3) is 0.846. The Labute approximate surface area is 119 Å². The highest BCUT2D eigenvalue weighted by Gasteiger charge is 2.30. The molecule has 2 amide bonds. The summed E-state index contributed by atoms with van der Waals surface area (Å²) in [6, 6.07) is -0.00392. The maximum atomic E-state index is 12.1. The Kier molecular flexibility index (Phi) is 5.91. The minimum atomic E-state index is -0.502. The molecule has 0 aromatic carbocycles. The van der Waals surface area contributed by atoms with Gasteiger partial charge < -0.3 is 15.0 Å². The standard InChI is InChI=1S/C13H23ClN2O3/c1-13(2,3)19-12(18)16-7-5-4-6-10(16)9-15-11(17)8-14/h10H,4-9H2,1-3H3,(H,15,17). The second-order valence-corrected chi connectivity index (χ2v) is 6.03. The molecule has 0 spiro atoms. The Morgan fingerprint density at radius 3 is 2.63 bits per heavy atom. The van der Waals surface area contributed by atoms with E-state index in [0.717, 1.165) is 19.3 Å². The number of nitrogens with zero attached hydrogens (tertiary/aromatic N) is 1. The molecular weight excluding hydrogens is 268 g/mol. The van der Waals surface area contributed by atoms with Gasteiger partial charge in [-0.15, -0.1) is 11.6 Å². The average molecular weight is 291 g/mol. The lowest BCUT2D eigenvalue weighted by Crippen LogP contribution is -2.51. The summed E-state index contributed by atoms with van der Waals surface area (Å²) in [5.74, 6) is -0.268. The summed E-state index contributed by atoms with van der Waals surface area (Å²) in [6.45, 7) is 6.65. The molecule has 1 aliphatic heterocycles. The van der Waals surface area contributed by atoms with E-state index in [1.165, 1.54) is 0 Å². The third-order valence-electron chi connectivity index (χ3n) is 2.91. The highest BCUT2D eigenvalue weighted by Crippen LogP contribution is 2.19. The van der Waals surface area contributed by atoms with Crippen molar-refractivity contribution in [2.45, 2.75) is 51.7 Å². The van der Waals surface area contributed by atoms with Crippen molar-refractivity contribution in [2.75, 3.05) is 19.0 Å². The molecule has 1 atom stereocenters. The molecule has 1 aliphatic rings. The van der Waals surface area contributed by atoms with E-state index in [-0.39, 0.29) is 23.9 Å². The number of hydrogen-bond donors (Lipinski definition) is 1. The van der Waals surface area contributed by atoms with Gasteiger partial charge in [0.05, 0.1) is 6.04 Å². The van der Waals surface area contributed by atoms with E-state index in [2.05, 4.69) is 5.32 Å². The number of carbonyl (C=O) groups excluding carboxylic acids is 2. The van der Waals surface area contributed by atoms with Crippen LogP contribution in [0.1, 0.15) is 40.0 Å². The summed E-state index contributed by atoms with van der Waals surface area (Å²) in [4.78, 5) is 25.0. The minimum Gasteiger partial charge on any atom is -0.444 e. The third kappa shape index (κ3) is 5.68. The van der Waals surface area contributed by atoms with Crippen LogP contribution in [-0.4, -0.2) is 47.5 Å². The van der Waals surface area contributed by atoms with Crippen molar-refractivity contribution in [3.63, 3.8) is 0 Å². The molecule has 0 radical (unpaired) electrons. The molecule has 1 heterocycles. The maximum Gasteiger partial charge on any atom is 0.410 e. The fourth-order valence-corrected chi connectivity index (χ4v) is 2.15. The van der Waals surface area contributed by atoms with Crippen molar-refractivity contribution in [2.24, 2.45) is 0 Å². The van der Waals surface area contributed by atoms with E-state index in [9.17, 15) is 9.59 Å². The zero-order valence-electron chi connectivity index (χ0n) is 11.9. The van der Waals surface area contributed by atoms with Gasteiger partial charge in [-0.2, -0.15) is 0 Å². The molecule has 1 fully saturated rings. The second-order valence-electron chi connectivity index (χ2n) is 5.76. The Bertz CT molecular complexity index is 328. The normalized spacial score (nSPS) is 20.0. The van der Waals surface area contributed by atoms with Crippen LogP contribution in [-0.2, 0) is 9.53 Å². The summed E-state index contributed by atoms with van der Waals surface area (Å²) in [5.41, 5.74) is -0.502. The van der Waals surface area contributed by atoms with Gasteiger partial charge in [0.2, 0.25) is 5.91 Å². The molecule has 110 valence electrons. The lowest BCUT2D eigenvalue weighted by molar-refractivity contribution is -0.119. The summed E-state index contributed by atoms with van der Waals surface area (Å²) >= 11 is 5.44. The SMILES string of the molecule is CC(C)(C)OC(=O)N1CCCCC1CNC(=O)CCl. The molecule has 0 aromatic heterocycles. The molecule has 6 heteroatoms. The Hall–Kier alpha value is -0.970. The van der Waals surface area contributed by atoms with Crippen LogP contribution in [0.3, 0.4) is 0 Å². The van der Waals surface area contributed by atoms with Crippen LogP contribution >= 0.6 is 11.6 Å². The van der Waals surface area contributed by atoms with E-state index in [1.807, 2.05) is 20.8 Å². The zero-order chi connectivity index (χ0) is 14.5. The van der Waals surface area contributed by atoms with Gasteiger partial charge in [0, 0.05) is 13.1 Å². The van der Waals surface area contributed by atoms with Crippen LogP contribution in [0.5, 0.6) is 0 Å². The van der Waals surface area contributed by atoms with Crippen LogP contribution in [0, 0.1) is 0 Å². The number of ether oxygens (including phenoxy) is 1. The van der Waals surface area contributed by atoms with Crippen LogP contribution in [0.4, 0.5) is 4.79 Å². The first-order valence-electron chi connectivity index (χ1n) is 6.66. The van der Waals surface area contributed by atoms with Crippen molar-refractivity contribution in [1.29, 1.82) is 0 Å². The van der Waals surface area contributed by atoms with Gasteiger partial charge >= 0.3 is 6.09 Å². The first-order chi connectivity index (χ1) is 8.83. The molecule has 0 aliphatic carbocycles. The molecule has 5 nitrogen and oxygen atoms in total. The van der Waals surface area contributed by atoms with Crippen molar-refractivity contribution in [3.8, 4) is 0 Å². The molecule has 1 rings (SSSR count). The molecule has 1 saturated heterocycles. The lowest BCUT2D eigenvalue weighted by atomic mass is 10.0. The second kappa shape index (κ2) is 6.98. The smallest absolute Gasteiger partial charge is 0.410 e. The highest BCUT2D eigenvalue weighted by atomic mass is 35.5. The van der Waals surface area contributed by atoms with Gasteiger partial charge in [0.15, 0.2) is 0 Å². The molecule has 0 saturated carbocycles. The Balaban J connectivity index is 2.56. The number of piperidine rings is 1. The van der Waals surface area contributed by atoms with Crippen LogP contribution < -0.4 is 5.32 Å². The van der Waals surface area contributed by atoms with Gasteiger partial charge in [-0.1, -0.05) is 0 Å². The van der Waals surface area contributed by atoms with E-state index in [1.54, 1.807) is 4.90 Å². The van der Waals surface area contributed by atoms with E-state index >= 15 is 0 Å². The van der Waals surface area contributed by atoms with Gasteiger partial charge in [0.25, 0.3) is 0 Å². The molecule has 1 unspecified atom stereocenters. The fourth-order valence-electron chi connectivity index (χ4n) is 2.05. The van der Waals surface area contributed by atoms with E-state index < -0.39 is 5.60 Å². The van der Waals surface area contributed by atoms with Gasteiger partial charge in [0.1, 0.15) is 11.5 Å². The minimum absolute atomic E-state index is 0.00392. The number of amides is 2. The number of rotatable bonds is 3. The maximum absolute atomic E-state index is 12.1. The number of halogens is 1. The quantitative estimate of drug-likeness (QED) is 0.810. The third-order valence-corrected chi connectivity index (χ3v) is 3.15. The van der Waals surface area contributed by atoms with Crippen LogP contribution in [0.15, 0.2) is 0 Å². The van der Waals surface area contributed by atoms with Crippen molar-refractivity contribution >= 4 is 23.6 Å². The predicted octanol–water partition coefficient (Wildman–Crippen LogP) is 2.13. The van der Waals surface area contributed by atoms with E-state index in [0.29, 0.717) is 13.1 Å². The number of hydrogen-bond acceptors (Lipinski definition) is 3. The molecule has 19 heavy (non-hydrogen) atoms. The monoisotopic (exact) mass is 290 g/mol. The Morgan fingerprint density at radius 1 is 1.37 bits per heavy atom. The van der Waals surface area contributed by atoms with Gasteiger partial charge in [-0.05, 0) is 40.0 Å². The summed E-state index contributed by atoms with van der Waals surface area (Å²) in [5, 5.41) is 2.73. The predicted molar refractivity (Wildman–Crippen MR) is 74.3 cm³/mol. The zero-order valence-corrected chi connectivity index (χ0v) is 12.6. The average Bonchev–Trinajstić information content (AvgIpc) is 2.34. The van der Waals surface area contributed by atoms with Gasteiger partial charge in [-0.25, -0.2) is 4.79 Å². The largest absolute Gasteiger partial charge is 0.444 e. The topological polar surface area (TPSA) is 58.6 Å². The summed E-state index contributed by atoms with van der Waals surface area (Å²) in [6.07, 6.45) is 2.60. The van der Waals surface area contributed by atoms with Crippen LogP contribution in [0.2, 0.25) is 0 Å². The number of nitrogens with one attached hydrogen (secondary N) is 1. The Morgan fingerprint density at radius 2 is 2.05 bits per heavy atom. The van der Waals surface area contributed by atoms with Crippen LogP contribution in [0.25, 0.3) is 0 Å². The van der Waals surface area contributed by atoms with E-state index in [4.69, 9.17) is 16.3 Å². The summed E-state index contributed by atoms with van der Waals surface area (Å²) < 4.78 is 5.39. The van der Waals surface area contributed by atoms with Crippen molar-refractivity contribution in [3.05, 3.63) is 0 Å². The van der Waals surface area contributed by atoms with Crippen molar-refractivity contribution in [1.82, 2.24) is 10.2 Å². The first kappa shape index (κ1) is 16.1. The number of alkyl halides is 1. The lowest BCUT2D eigenvalue weighted by Gasteiger charge is -2.36. The number of carbonyl (C=O) groups is 2. The molecule has 1 N–H and O–H groups in total. The highest BCUT2D eigenvalue weighted by molar-refractivity contribution is 6.27. The molecular formula is C13H23ClN2O3.